The molecule has 90 valence electrons. The number of halogens is 1. The molecule has 0 radical (unpaired) electrons. The Labute approximate surface area is 114 Å². The second-order valence-corrected chi connectivity index (χ2v) is 4.51. The van der Waals surface area contributed by atoms with Gasteiger partial charge in [-0.1, -0.05) is 0 Å². The summed E-state index contributed by atoms with van der Waals surface area (Å²) in [5.41, 5.74) is 1.12. The predicted molar refractivity (Wildman–Crippen MR) is 73.6 cm³/mol. The molecule has 0 aliphatic rings. The Kier molecular flexibility index (Phi) is 3.88. The first-order chi connectivity index (χ1) is 8.22. The van der Waals surface area contributed by atoms with E-state index in [0.717, 1.165) is 27.4 Å². The molecule has 0 amide bonds. The van der Waals surface area contributed by atoms with Gasteiger partial charge in [-0.2, -0.15) is 0 Å². The van der Waals surface area contributed by atoms with Gasteiger partial charge in [-0.3, -0.25) is 0 Å². The first-order valence-electron chi connectivity index (χ1n) is 5.11. The number of hydrogen-bond acceptors (Lipinski definition) is 3. The largest absolute Gasteiger partial charge is 0.497 e. The van der Waals surface area contributed by atoms with Crippen molar-refractivity contribution < 1.29 is 9.47 Å². The minimum atomic E-state index is 0.756. The van der Waals surface area contributed by atoms with E-state index < -0.39 is 0 Å². The Bertz CT molecular complexity index is 489. The van der Waals surface area contributed by atoms with E-state index >= 15 is 0 Å². The van der Waals surface area contributed by atoms with Gasteiger partial charge in [0.05, 0.1) is 14.2 Å². The fourth-order valence-corrected chi connectivity index (χ4v) is 2.08. The van der Waals surface area contributed by atoms with Crippen LogP contribution < -0.4 is 9.47 Å². The molecule has 0 spiro atoms. The van der Waals surface area contributed by atoms with Gasteiger partial charge in [-0.15, -0.1) is 0 Å². The van der Waals surface area contributed by atoms with Gasteiger partial charge in [-0.05, 0) is 40.3 Å². The molecule has 1 aromatic carbocycles. The monoisotopic (exact) mass is 344 g/mol. The van der Waals surface area contributed by atoms with Crippen molar-refractivity contribution in [3.05, 3.63) is 40.0 Å². The highest BCUT2D eigenvalue weighted by Gasteiger charge is 2.04. The standard InChI is InChI=1S/C12H13IN2O2/c1-16-10-5-9(6-11(7-10)17-2)8-15-4-3-14-12(15)13/h3-7H,8H2,1-2H3. The van der Waals surface area contributed by atoms with E-state index in [1.54, 1.807) is 20.4 Å². The SMILES string of the molecule is COc1cc(Cn2ccnc2I)cc(OC)c1. The molecule has 5 heteroatoms. The van der Waals surface area contributed by atoms with E-state index in [4.69, 9.17) is 9.47 Å². The van der Waals surface area contributed by atoms with Crippen molar-refractivity contribution in [2.75, 3.05) is 14.2 Å². The molecule has 0 saturated heterocycles. The summed E-state index contributed by atoms with van der Waals surface area (Å²) in [5, 5.41) is 0. The van der Waals surface area contributed by atoms with Crippen LogP contribution >= 0.6 is 22.6 Å². The van der Waals surface area contributed by atoms with Crippen LogP contribution in [0.3, 0.4) is 0 Å². The molecule has 0 unspecified atom stereocenters. The summed E-state index contributed by atoms with van der Waals surface area (Å²) in [6, 6.07) is 5.86. The molecule has 2 aromatic rings. The quantitative estimate of drug-likeness (QED) is 0.800. The maximum Gasteiger partial charge on any atom is 0.171 e. The number of benzene rings is 1. The Morgan fingerprint density at radius 3 is 2.29 bits per heavy atom. The lowest BCUT2D eigenvalue weighted by Gasteiger charge is -2.09. The summed E-state index contributed by atoms with van der Waals surface area (Å²) in [6.07, 6.45) is 3.74. The molecular formula is C12H13IN2O2. The molecule has 0 N–H and O–H groups in total. The first-order valence-corrected chi connectivity index (χ1v) is 6.19. The molecule has 0 aliphatic heterocycles. The highest BCUT2D eigenvalue weighted by atomic mass is 127. The Hall–Kier alpha value is -1.24. The zero-order valence-corrected chi connectivity index (χ0v) is 11.8. The zero-order valence-electron chi connectivity index (χ0n) is 9.68. The average Bonchev–Trinajstić information content (AvgIpc) is 2.74. The lowest BCUT2D eigenvalue weighted by Crippen LogP contribution is -2.01. The molecule has 0 bridgehead atoms. The van der Waals surface area contributed by atoms with E-state index in [0.29, 0.717) is 0 Å². The van der Waals surface area contributed by atoms with Gasteiger partial charge in [0, 0.05) is 25.0 Å². The smallest absolute Gasteiger partial charge is 0.171 e. The zero-order chi connectivity index (χ0) is 12.3. The molecule has 1 aromatic heterocycles. The Morgan fingerprint density at radius 1 is 1.18 bits per heavy atom. The van der Waals surface area contributed by atoms with Crippen LogP contribution in [-0.4, -0.2) is 23.8 Å². The maximum atomic E-state index is 5.24. The maximum absolute atomic E-state index is 5.24. The van der Waals surface area contributed by atoms with Crippen LogP contribution in [0.2, 0.25) is 0 Å². The van der Waals surface area contributed by atoms with Crippen molar-refractivity contribution in [2.45, 2.75) is 6.54 Å². The number of ether oxygens (including phenoxy) is 2. The van der Waals surface area contributed by atoms with E-state index in [-0.39, 0.29) is 0 Å². The molecule has 17 heavy (non-hydrogen) atoms. The molecule has 0 fully saturated rings. The topological polar surface area (TPSA) is 36.3 Å². The van der Waals surface area contributed by atoms with Crippen LogP contribution in [-0.2, 0) is 6.54 Å². The number of hydrogen-bond donors (Lipinski definition) is 0. The van der Waals surface area contributed by atoms with E-state index in [1.165, 1.54) is 0 Å². The summed E-state index contributed by atoms with van der Waals surface area (Å²) < 4.78 is 13.5. The summed E-state index contributed by atoms with van der Waals surface area (Å²) in [6.45, 7) is 0.756. The lowest BCUT2D eigenvalue weighted by atomic mass is 10.2. The second-order valence-electron chi connectivity index (χ2n) is 3.55. The summed E-state index contributed by atoms with van der Waals surface area (Å²) in [7, 11) is 3.30. The number of nitrogens with zero attached hydrogens (tertiary/aromatic N) is 2. The number of aromatic nitrogens is 2. The van der Waals surface area contributed by atoms with Crippen molar-refractivity contribution in [1.29, 1.82) is 0 Å². The number of imidazole rings is 1. The second kappa shape index (κ2) is 5.39. The third kappa shape index (κ3) is 2.91. The molecule has 2 rings (SSSR count). The summed E-state index contributed by atoms with van der Waals surface area (Å²) in [4.78, 5) is 4.19. The Balaban J connectivity index is 2.29. The van der Waals surface area contributed by atoms with Gasteiger partial charge < -0.3 is 14.0 Å². The van der Waals surface area contributed by atoms with Crippen molar-refractivity contribution >= 4 is 22.6 Å². The first kappa shape index (κ1) is 12.2. The van der Waals surface area contributed by atoms with Gasteiger partial charge in [0.2, 0.25) is 0 Å². The molecule has 1 heterocycles. The molecule has 0 atom stereocenters. The van der Waals surface area contributed by atoms with Crippen molar-refractivity contribution in [1.82, 2.24) is 9.55 Å². The van der Waals surface area contributed by atoms with Gasteiger partial charge in [-0.25, -0.2) is 4.98 Å². The number of methoxy groups -OCH3 is 2. The third-order valence-electron chi connectivity index (χ3n) is 2.43. The fraction of sp³-hybridized carbons (Fsp3) is 0.250. The molecule has 0 saturated carbocycles. The van der Waals surface area contributed by atoms with Crippen molar-refractivity contribution in [3.63, 3.8) is 0 Å². The Morgan fingerprint density at radius 2 is 1.82 bits per heavy atom. The average molecular weight is 344 g/mol. The minimum Gasteiger partial charge on any atom is -0.497 e. The highest BCUT2D eigenvalue weighted by molar-refractivity contribution is 14.1. The normalized spacial score (nSPS) is 10.3. The fourth-order valence-electron chi connectivity index (χ4n) is 1.58. The van der Waals surface area contributed by atoms with Crippen molar-refractivity contribution in [2.24, 2.45) is 0 Å². The predicted octanol–water partition coefficient (Wildman–Crippen LogP) is 2.55. The van der Waals surface area contributed by atoms with Gasteiger partial charge in [0.1, 0.15) is 11.5 Å². The lowest BCUT2D eigenvalue weighted by molar-refractivity contribution is 0.393. The minimum absolute atomic E-state index is 0.756. The molecule has 0 aliphatic carbocycles. The van der Waals surface area contributed by atoms with E-state index in [2.05, 4.69) is 32.1 Å². The van der Waals surface area contributed by atoms with Crippen LogP contribution in [0.15, 0.2) is 30.6 Å². The van der Waals surface area contributed by atoms with Gasteiger partial charge in [0.25, 0.3) is 0 Å². The van der Waals surface area contributed by atoms with Gasteiger partial charge in [0.15, 0.2) is 3.83 Å². The third-order valence-corrected chi connectivity index (χ3v) is 3.33. The molecule has 4 nitrogen and oxygen atoms in total. The van der Waals surface area contributed by atoms with Crippen LogP contribution in [0.25, 0.3) is 0 Å². The number of rotatable bonds is 4. The van der Waals surface area contributed by atoms with Crippen LogP contribution in [0.5, 0.6) is 11.5 Å². The van der Waals surface area contributed by atoms with Crippen molar-refractivity contribution in [3.8, 4) is 11.5 Å². The van der Waals surface area contributed by atoms with Gasteiger partial charge >= 0.3 is 0 Å². The van der Waals surface area contributed by atoms with Crippen LogP contribution in [0.4, 0.5) is 0 Å². The van der Waals surface area contributed by atoms with E-state index in [1.807, 2.05) is 24.4 Å². The van der Waals surface area contributed by atoms with Crippen LogP contribution in [0, 0.1) is 3.83 Å². The molecular weight excluding hydrogens is 331 g/mol. The van der Waals surface area contributed by atoms with Crippen LogP contribution in [0.1, 0.15) is 5.56 Å². The van der Waals surface area contributed by atoms with E-state index in [9.17, 15) is 0 Å². The highest BCUT2D eigenvalue weighted by Crippen LogP contribution is 2.23. The summed E-state index contributed by atoms with van der Waals surface area (Å²) in [5.74, 6) is 1.60. The summed E-state index contributed by atoms with van der Waals surface area (Å²) >= 11 is 2.21.